The first-order valence-corrected chi connectivity index (χ1v) is 19.3. The van der Waals surface area contributed by atoms with Crippen molar-refractivity contribution in [2.75, 3.05) is 0 Å². The first kappa shape index (κ1) is 41.3. The number of pyridine rings is 2. The van der Waals surface area contributed by atoms with Crippen molar-refractivity contribution < 1.29 is 30.7 Å². The molecule has 56 heavy (non-hydrogen) atoms. The van der Waals surface area contributed by atoms with E-state index in [0.29, 0.717) is 34.4 Å². The second-order valence-electron chi connectivity index (χ2n) is 14.5. The van der Waals surface area contributed by atoms with Gasteiger partial charge in [0.05, 0.1) is 45.8 Å². The van der Waals surface area contributed by atoms with Crippen molar-refractivity contribution in [3.63, 3.8) is 0 Å². The highest BCUT2D eigenvalue weighted by molar-refractivity contribution is 5.94. The molecule has 2 fully saturated rings. The number of carbonyl (C=O) groups excluding carboxylic acids is 2. The largest absolute Gasteiger partial charge is 0.487 e. The lowest BCUT2D eigenvalue weighted by Crippen LogP contribution is -2.38. The van der Waals surface area contributed by atoms with Gasteiger partial charge >= 0.3 is 0 Å². The Kier molecular flexibility index (Phi) is 15.3. The number of nitrogens with one attached hydrogen (secondary N) is 2. The fraction of sp³-hybridized carbons (Fsp3) is 0.409. The zero-order chi connectivity index (χ0) is 39.9. The van der Waals surface area contributed by atoms with Gasteiger partial charge in [-0.3, -0.25) is 19.6 Å². The van der Waals surface area contributed by atoms with Gasteiger partial charge in [-0.05, 0) is 99.9 Å². The summed E-state index contributed by atoms with van der Waals surface area (Å²) in [4.78, 5) is 33.4. The second kappa shape index (κ2) is 20.7. The molecule has 0 unspecified atom stereocenters. The number of carbonyl (C=O) groups is 2. The van der Waals surface area contributed by atoms with Crippen LogP contribution in [0.1, 0.15) is 124 Å². The second-order valence-corrected chi connectivity index (χ2v) is 14.5. The number of hydrogen-bond acceptors (Lipinski definition) is 8. The summed E-state index contributed by atoms with van der Waals surface area (Å²) in [5.41, 5.74) is 2.62. The van der Waals surface area contributed by atoms with Crippen molar-refractivity contribution in [1.29, 1.82) is 10.5 Å². The Hall–Kier alpha value is -5.88. The third-order valence-corrected chi connectivity index (χ3v) is 10.4. The van der Waals surface area contributed by atoms with Crippen molar-refractivity contribution in [3.8, 4) is 23.6 Å². The highest BCUT2D eigenvalue weighted by Crippen LogP contribution is 2.28. The lowest BCUT2D eigenvalue weighted by molar-refractivity contribution is 0.0910. The number of ether oxygens (including phenoxy) is 2. The molecule has 0 saturated heterocycles. The number of rotatable bonds is 12. The summed E-state index contributed by atoms with van der Waals surface area (Å²) in [7, 11) is 0. The molecular formula is C44H52F2N6O4. The Morgan fingerprint density at radius 2 is 1.07 bits per heavy atom. The van der Waals surface area contributed by atoms with Gasteiger partial charge in [-0.25, -0.2) is 8.78 Å². The molecule has 10 nitrogen and oxygen atoms in total. The molecule has 2 aromatic heterocycles. The number of nitriles is 2. The van der Waals surface area contributed by atoms with E-state index in [1.165, 1.54) is 101 Å². The fourth-order valence-corrected chi connectivity index (χ4v) is 7.11. The van der Waals surface area contributed by atoms with E-state index in [0.717, 1.165) is 12.1 Å². The van der Waals surface area contributed by atoms with Gasteiger partial charge in [0.2, 0.25) is 0 Å². The first-order chi connectivity index (χ1) is 27.1. The topological polar surface area (TPSA) is 150 Å². The van der Waals surface area contributed by atoms with Crippen molar-refractivity contribution in [3.05, 3.63) is 118 Å². The number of nitrogens with zero attached hydrogens (tertiary/aromatic N) is 4. The van der Waals surface area contributed by atoms with E-state index in [1.54, 1.807) is 24.3 Å². The number of aromatic nitrogens is 2. The van der Waals surface area contributed by atoms with Gasteiger partial charge in [-0.2, -0.15) is 10.5 Å². The molecule has 12 heteroatoms. The molecule has 0 bridgehead atoms. The van der Waals surface area contributed by atoms with Crippen LogP contribution in [-0.2, 0) is 13.2 Å². The highest BCUT2D eigenvalue weighted by Gasteiger charge is 2.23. The molecule has 2 saturated carbocycles. The lowest BCUT2D eigenvalue weighted by Gasteiger charge is -2.28. The quantitative estimate of drug-likeness (QED) is 0.145. The van der Waals surface area contributed by atoms with E-state index in [2.05, 4.69) is 34.4 Å². The minimum absolute atomic E-state index is 0. The molecule has 2 aliphatic carbocycles. The van der Waals surface area contributed by atoms with Crippen LogP contribution in [0.5, 0.6) is 11.5 Å². The average molecular weight is 767 g/mol. The van der Waals surface area contributed by atoms with Gasteiger partial charge in [-0.15, -0.1) is 0 Å². The minimum Gasteiger partial charge on any atom is -0.487 e. The van der Waals surface area contributed by atoms with Crippen LogP contribution < -0.4 is 20.1 Å². The van der Waals surface area contributed by atoms with Crippen molar-refractivity contribution in [2.45, 2.75) is 103 Å². The summed E-state index contributed by atoms with van der Waals surface area (Å²) in [6.07, 6.45) is 15.3. The van der Waals surface area contributed by atoms with Crippen LogP contribution in [0.3, 0.4) is 0 Å². The third kappa shape index (κ3) is 12.6. The predicted molar refractivity (Wildman–Crippen MR) is 211 cm³/mol. The molecule has 0 aliphatic heterocycles. The number of amides is 2. The fourth-order valence-electron chi connectivity index (χ4n) is 7.11. The molecule has 2 heterocycles. The Labute approximate surface area is 330 Å². The van der Waals surface area contributed by atoms with Crippen LogP contribution in [-0.4, -0.2) is 33.9 Å². The molecule has 4 aromatic rings. The molecule has 296 valence electrons. The van der Waals surface area contributed by atoms with Gasteiger partial charge in [0, 0.05) is 39.5 Å². The summed E-state index contributed by atoms with van der Waals surface area (Å²) in [5.74, 6) is 0.319. The molecular weight excluding hydrogens is 715 g/mol. The summed E-state index contributed by atoms with van der Waals surface area (Å²) >= 11 is 0. The van der Waals surface area contributed by atoms with E-state index in [9.17, 15) is 18.4 Å². The van der Waals surface area contributed by atoms with Crippen molar-refractivity contribution in [1.82, 2.24) is 20.6 Å². The molecule has 2 aromatic carbocycles. The van der Waals surface area contributed by atoms with Crippen molar-refractivity contribution in [2.24, 2.45) is 11.8 Å². The molecule has 6 rings (SSSR count). The molecule has 2 atom stereocenters. The Morgan fingerprint density at radius 3 is 1.41 bits per heavy atom. The Morgan fingerprint density at radius 1 is 0.679 bits per heavy atom. The first-order valence-electron chi connectivity index (χ1n) is 19.3. The Bertz CT molecular complexity index is 1870. The maximum absolute atomic E-state index is 13.4. The maximum Gasteiger partial charge on any atom is 0.253 e. The zero-order valence-corrected chi connectivity index (χ0v) is 31.9. The minimum atomic E-state index is -0.527. The number of hydrogen-bond donors (Lipinski definition) is 2. The summed E-state index contributed by atoms with van der Waals surface area (Å²) in [5, 5.41) is 23.9. The van der Waals surface area contributed by atoms with Crippen LogP contribution in [0.15, 0.2) is 73.1 Å². The van der Waals surface area contributed by atoms with Crippen LogP contribution in [0.2, 0.25) is 0 Å². The molecule has 0 spiro atoms. The van der Waals surface area contributed by atoms with Gasteiger partial charge in [0.1, 0.15) is 36.3 Å². The van der Waals surface area contributed by atoms with Gasteiger partial charge in [0.25, 0.3) is 11.8 Å². The molecule has 2 amide bonds. The number of halogens is 2. The lowest BCUT2D eigenvalue weighted by atomic mass is 9.84. The maximum atomic E-state index is 13.4. The third-order valence-electron chi connectivity index (χ3n) is 10.4. The van der Waals surface area contributed by atoms with E-state index < -0.39 is 11.6 Å². The zero-order valence-electron chi connectivity index (χ0n) is 31.9. The van der Waals surface area contributed by atoms with Crippen LogP contribution in [0.25, 0.3) is 0 Å². The standard InChI is InChI=1S/2C22H24FN3O2.2H2/c2*1-15(17-5-3-2-4-6-17)26-22(27)18-7-8-20(25-13-18)14-28-21-10-16(12-24)9-19(23)11-21;;/h2*7-11,13,15,17H,2-6,14H2,1H3,(H,26,27);2*1H/t2*15-;;/m10../s1. The summed E-state index contributed by atoms with van der Waals surface area (Å²) in [6, 6.07) is 18.6. The van der Waals surface area contributed by atoms with E-state index >= 15 is 0 Å². The van der Waals surface area contributed by atoms with E-state index in [-0.39, 0.29) is 62.6 Å². The normalized spacial score (nSPS) is 15.5. The van der Waals surface area contributed by atoms with Gasteiger partial charge in [-0.1, -0.05) is 38.5 Å². The van der Waals surface area contributed by atoms with E-state index in [4.69, 9.17) is 20.0 Å². The van der Waals surface area contributed by atoms with Crippen molar-refractivity contribution >= 4 is 11.8 Å². The van der Waals surface area contributed by atoms with Crippen LogP contribution in [0.4, 0.5) is 8.78 Å². The average Bonchev–Trinajstić information content (AvgIpc) is 3.22. The Balaban J connectivity index is 0.000000300. The van der Waals surface area contributed by atoms with Crippen LogP contribution >= 0.6 is 0 Å². The van der Waals surface area contributed by atoms with Gasteiger partial charge < -0.3 is 20.1 Å². The predicted octanol–water partition coefficient (Wildman–Crippen LogP) is 9.23. The smallest absolute Gasteiger partial charge is 0.253 e. The molecule has 0 radical (unpaired) electrons. The highest BCUT2D eigenvalue weighted by atomic mass is 19.1. The SMILES string of the molecule is C[C@@H](NC(=O)c1ccc(COc2cc(F)cc(C#N)c2)nc1)C1CCCCC1.C[C@H](NC(=O)c1ccc(COc2cc(F)cc(C#N)c2)nc1)C1CCCCC1.[HH].[HH]. The molecule has 2 aliphatic rings. The van der Waals surface area contributed by atoms with Gasteiger partial charge in [0.15, 0.2) is 0 Å². The summed E-state index contributed by atoms with van der Waals surface area (Å²) in [6.45, 7) is 4.37. The van der Waals surface area contributed by atoms with Crippen LogP contribution in [0, 0.1) is 46.1 Å². The van der Waals surface area contributed by atoms with E-state index in [1.807, 2.05) is 12.1 Å². The monoisotopic (exact) mass is 766 g/mol. The molecule has 2 N–H and O–H groups in total. The number of benzene rings is 2. The summed E-state index contributed by atoms with van der Waals surface area (Å²) < 4.78 is 37.9.